The molecule has 0 unspecified atom stereocenters. The molecule has 29 heavy (non-hydrogen) atoms. The van der Waals surface area contributed by atoms with Crippen molar-refractivity contribution in [2.45, 2.75) is 13.1 Å². The predicted octanol–water partition coefficient (Wildman–Crippen LogP) is 1.79. The molecular weight excluding hydrogens is 396 g/mol. The number of sulfonamides is 1. The smallest absolute Gasteiger partial charge is 0.235 e. The van der Waals surface area contributed by atoms with Crippen LogP contribution >= 0.6 is 0 Å². The van der Waals surface area contributed by atoms with Crippen LogP contribution in [0.4, 0.5) is 0 Å². The summed E-state index contributed by atoms with van der Waals surface area (Å²) >= 11 is 0. The first-order chi connectivity index (χ1) is 13.8. The average molecular weight is 423 g/mol. The SMILES string of the molecule is COc1ccc(CNC(=O)CN(Cc2ccccc2)S(C)(=O)=O)c(OC)c1OC. The topological polar surface area (TPSA) is 94.2 Å². The second kappa shape index (κ2) is 10.1. The zero-order valence-electron chi connectivity index (χ0n) is 17.0. The summed E-state index contributed by atoms with van der Waals surface area (Å²) in [6.07, 6.45) is 1.08. The third kappa shape index (κ3) is 6.10. The van der Waals surface area contributed by atoms with Crippen LogP contribution in [-0.4, -0.2) is 52.8 Å². The van der Waals surface area contributed by atoms with E-state index in [0.717, 1.165) is 16.1 Å². The number of rotatable bonds is 10. The fourth-order valence-electron chi connectivity index (χ4n) is 2.79. The summed E-state index contributed by atoms with van der Waals surface area (Å²) in [5, 5.41) is 2.73. The zero-order valence-corrected chi connectivity index (χ0v) is 17.8. The van der Waals surface area contributed by atoms with Gasteiger partial charge in [0.15, 0.2) is 11.5 Å². The minimum Gasteiger partial charge on any atom is -0.493 e. The Morgan fingerprint density at radius 3 is 2.17 bits per heavy atom. The number of carbonyl (C=O) groups excluding carboxylic acids is 1. The molecule has 0 aliphatic heterocycles. The van der Waals surface area contributed by atoms with Crippen molar-refractivity contribution < 1.29 is 27.4 Å². The number of ether oxygens (including phenoxy) is 3. The molecule has 0 aliphatic rings. The van der Waals surface area contributed by atoms with Crippen LogP contribution in [0.15, 0.2) is 42.5 Å². The lowest BCUT2D eigenvalue weighted by molar-refractivity contribution is -0.121. The lowest BCUT2D eigenvalue weighted by Crippen LogP contribution is -2.39. The van der Waals surface area contributed by atoms with Crippen LogP contribution in [-0.2, 0) is 27.9 Å². The number of benzene rings is 2. The Morgan fingerprint density at radius 2 is 1.62 bits per heavy atom. The highest BCUT2D eigenvalue weighted by Gasteiger charge is 2.21. The van der Waals surface area contributed by atoms with Crippen molar-refractivity contribution in [1.82, 2.24) is 9.62 Å². The van der Waals surface area contributed by atoms with Gasteiger partial charge in [-0.15, -0.1) is 0 Å². The molecule has 1 amide bonds. The fraction of sp³-hybridized carbons (Fsp3) is 0.350. The van der Waals surface area contributed by atoms with E-state index in [1.54, 1.807) is 12.1 Å². The molecule has 2 aromatic rings. The quantitative estimate of drug-likeness (QED) is 0.627. The van der Waals surface area contributed by atoms with Crippen molar-refractivity contribution in [3.8, 4) is 17.2 Å². The van der Waals surface area contributed by atoms with Crippen LogP contribution in [0.2, 0.25) is 0 Å². The molecule has 0 heterocycles. The molecule has 0 spiro atoms. The Hall–Kier alpha value is -2.78. The minimum absolute atomic E-state index is 0.118. The molecule has 158 valence electrons. The molecule has 2 aromatic carbocycles. The summed E-state index contributed by atoms with van der Waals surface area (Å²) < 4.78 is 41.3. The van der Waals surface area contributed by atoms with Crippen molar-refractivity contribution in [3.63, 3.8) is 0 Å². The summed E-state index contributed by atoms with van der Waals surface area (Å²) in [6, 6.07) is 12.6. The van der Waals surface area contributed by atoms with Crippen molar-refractivity contribution in [2.75, 3.05) is 34.1 Å². The number of methoxy groups -OCH3 is 3. The molecule has 8 nitrogen and oxygen atoms in total. The standard InChI is InChI=1S/C20H26N2O6S/c1-26-17-11-10-16(19(27-2)20(17)28-3)12-21-18(23)14-22(29(4,24)25)13-15-8-6-5-7-9-15/h5-11H,12-14H2,1-4H3,(H,21,23). The van der Waals surface area contributed by atoms with Gasteiger partial charge in [-0.05, 0) is 17.7 Å². The van der Waals surface area contributed by atoms with E-state index in [-0.39, 0.29) is 19.6 Å². The zero-order chi connectivity index (χ0) is 21.4. The number of carbonyl (C=O) groups is 1. The first-order valence-electron chi connectivity index (χ1n) is 8.83. The summed E-state index contributed by atoms with van der Waals surface area (Å²) in [6.45, 7) is -0.0264. The third-order valence-corrected chi connectivity index (χ3v) is 5.45. The van der Waals surface area contributed by atoms with Crippen LogP contribution in [0, 0.1) is 0 Å². The predicted molar refractivity (Wildman–Crippen MR) is 110 cm³/mol. The van der Waals surface area contributed by atoms with Crippen LogP contribution in [0.25, 0.3) is 0 Å². The van der Waals surface area contributed by atoms with Gasteiger partial charge in [0.1, 0.15) is 0 Å². The van der Waals surface area contributed by atoms with E-state index in [4.69, 9.17) is 14.2 Å². The minimum atomic E-state index is -3.56. The van der Waals surface area contributed by atoms with E-state index in [1.807, 2.05) is 30.3 Å². The van der Waals surface area contributed by atoms with Crippen LogP contribution in [0.5, 0.6) is 17.2 Å². The Balaban J connectivity index is 2.09. The van der Waals surface area contributed by atoms with Crippen molar-refractivity contribution >= 4 is 15.9 Å². The van der Waals surface area contributed by atoms with Crippen LogP contribution in [0.1, 0.15) is 11.1 Å². The normalized spacial score (nSPS) is 11.2. The first-order valence-corrected chi connectivity index (χ1v) is 10.7. The monoisotopic (exact) mass is 422 g/mol. The molecule has 0 aliphatic carbocycles. The first kappa shape index (κ1) is 22.5. The lowest BCUT2D eigenvalue weighted by atomic mass is 10.1. The Bertz CT molecular complexity index is 931. The lowest BCUT2D eigenvalue weighted by Gasteiger charge is -2.20. The molecular formula is C20H26N2O6S. The summed E-state index contributed by atoms with van der Waals surface area (Å²) in [5.74, 6) is 0.939. The number of amides is 1. The molecule has 0 bridgehead atoms. The van der Waals surface area contributed by atoms with E-state index >= 15 is 0 Å². The van der Waals surface area contributed by atoms with Gasteiger partial charge >= 0.3 is 0 Å². The van der Waals surface area contributed by atoms with Gasteiger partial charge < -0.3 is 19.5 Å². The average Bonchev–Trinajstić information content (AvgIpc) is 2.70. The van der Waals surface area contributed by atoms with Crippen LogP contribution in [0.3, 0.4) is 0 Å². The molecule has 1 N–H and O–H groups in total. The van der Waals surface area contributed by atoms with Gasteiger partial charge in [0.05, 0.1) is 34.1 Å². The van der Waals surface area contributed by atoms with Gasteiger partial charge in [0.2, 0.25) is 21.7 Å². The van der Waals surface area contributed by atoms with Gasteiger partial charge in [-0.25, -0.2) is 8.42 Å². The maximum absolute atomic E-state index is 12.4. The molecule has 2 rings (SSSR count). The van der Waals surface area contributed by atoms with E-state index in [1.165, 1.54) is 21.3 Å². The van der Waals surface area contributed by atoms with Crippen molar-refractivity contribution in [1.29, 1.82) is 0 Å². The van der Waals surface area contributed by atoms with E-state index in [2.05, 4.69) is 5.32 Å². The van der Waals surface area contributed by atoms with Gasteiger partial charge in [0.25, 0.3) is 0 Å². The van der Waals surface area contributed by atoms with Crippen molar-refractivity contribution in [3.05, 3.63) is 53.6 Å². The molecule has 9 heteroatoms. The van der Waals surface area contributed by atoms with Crippen LogP contribution < -0.4 is 19.5 Å². The maximum atomic E-state index is 12.4. The Kier molecular flexibility index (Phi) is 7.86. The molecule has 0 aromatic heterocycles. The molecule has 0 saturated heterocycles. The molecule has 0 atom stereocenters. The highest BCUT2D eigenvalue weighted by Crippen LogP contribution is 2.39. The molecule has 0 radical (unpaired) electrons. The number of hydrogen-bond donors (Lipinski definition) is 1. The molecule has 0 fully saturated rings. The number of nitrogens with one attached hydrogen (secondary N) is 1. The summed E-state index contributed by atoms with van der Waals surface area (Å²) in [5.41, 5.74) is 1.47. The number of hydrogen-bond acceptors (Lipinski definition) is 6. The van der Waals surface area contributed by atoms with E-state index in [0.29, 0.717) is 22.8 Å². The third-order valence-electron chi connectivity index (χ3n) is 4.25. The van der Waals surface area contributed by atoms with Gasteiger partial charge in [-0.3, -0.25) is 4.79 Å². The van der Waals surface area contributed by atoms with E-state index < -0.39 is 15.9 Å². The largest absolute Gasteiger partial charge is 0.493 e. The van der Waals surface area contributed by atoms with E-state index in [9.17, 15) is 13.2 Å². The highest BCUT2D eigenvalue weighted by molar-refractivity contribution is 7.88. The van der Waals surface area contributed by atoms with Crippen molar-refractivity contribution in [2.24, 2.45) is 0 Å². The van der Waals surface area contributed by atoms with Gasteiger partial charge in [-0.1, -0.05) is 30.3 Å². The summed E-state index contributed by atoms with van der Waals surface area (Å²) in [4.78, 5) is 12.4. The summed E-state index contributed by atoms with van der Waals surface area (Å²) in [7, 11) is 0.947. The molecule has 0 saturated carbocycles. The Labute approximate surface area is 171 Å². The second-order valence-corrected chi connectivity index (χ2v) is 8.27. The fourth-order valence-corrected chi connectivity index (χ4v) is 3.53. The number of nitrogens with zero attached hydrogens (tertiary/aromatic N) is 1. The van der Waals surface area contributed by atoms with Gasteiger partial charge in [-0.2, -0.15) is 4.31 Å². The Morgan fingerprint density at radius 1 is 0.966 bits per heavy atom. The maximum Gasteiger partial charge on any atom is 0.235 e. The highest BCUT2D eigenvalue weighted by atomic mass is 32.2. The second-order valence-electron chi connectivity index (χ2n) is 6.29. The van der Waals surface area contributed by atoms with Gasteiger partial charge in [0, 0.05) is 18.7 Å².